The van der Waals surface area contributed by atoms with Gasteiger partial charge < -0.3 is 4.74 Å². The Bertz CT molecular complexity index is 351. The smallest absolute Gasteiger partial charge is 0.163 e. The van der Waals surface area contributed by atoms with Crippen LogP contribution in [0.1, 0.15) is 43.0 Å². The number of hydrogen-bond acceptors (Lipinski definition) is 2. The van der Waals surface area contributed by atoms with Crippen LogP contribution in [-0.2, 0) is 0 Å². The van der Waals surface area contributed by atoms with Crippen LogP contribution in [0.5, 0.6) is 5.75 Å². The Morgan fingerprint density at radius 1 is 1.27 bits per heavy atom. The first-order valence-electron chi connectivity index (χ1n) is 5.54. The van der Waals surface area contributed by atoms with Crippen molar-refractivity contribution >= 4 is 5.78 Å². The van der Waals surface area contributed by atoms with Crippen LogP contribution < -0.4 is 4.74 Å². The number of Topliss-reactive ketones (excluding diaryl/α,β-unsaturated/α-hetero) is 1. The largest absolute Gasteiger partial charge is 0.490 e. The predicted molar refractivity (Wildman–Crippen MR) is 59.3 cm³/mol. The second kappa shape index (κ2) is 4.47. The molecule has 0 unspecified atom stereocenters. The molecule has 0 bridgehead atoms. The highest BCUT2D eigenvalue weighted by molar-refractivity contribution is 5.96. The number of ether oxygens (including phenoxy) is 1. The normalized spacial score (nSPS) is 16.6. The van der Waals surface area contributed by atoms with Crippen LogP contribution in [0, 0.1) is 0 Å². The van der Waals surface area contributed by atoms with Gasteiger partial charge in [0.25, 0.3) is 0 Å². The highest BCUT2D eigenvalue weighted by Crippen LogP contribution is 2.26. The SMILES string of the molecule is CC(=O)c1ccccc1OC1CCCC1. The summed E-state index contributed by atoms with van der Waals surface area (Å²) in [6.45, 7) is 1.58. The Kier molecular flexibility index (Phi) is 3.05. The van der Waals surface area contributed by atoms with E-state index in [4.69, 9.17) is 4.74 Å². The van der Waals surface area contributed by atoms with E-state index in [1.807, 2.05) is 24.3 Å². The standard InChI is InChI=1S/C13H16O2/c1-10(14)12-8-4-5-9-13(12)15-11-6-2-3-7-11/h4-5,8-9,11H,2-3,6-7H2,1H3. The van der Waals surface area contributed by atoms with Crippen molar-refractivity contribution in [2.75, 3.05) is 0 Å². The maximum absolute atomic E-state index is 11.4. The summed E-state index contributed by atoms with van der Waals surface area (Å²) in [6.07, 6.45) is 5.03. The van der Waals surface area contributed by atoms with Gasteiger partial charge in [-0.2, -0.15) is 0 Å². The molecular formula is C13H16O2. The monoisotopic (exact) mass is 204 g/mol. The van der Waals surface area contributed by atoms with Crippen molar-refractivity contribution in [1.82, 2.24) is 0 Å². The summed E-state index contributed by atoms with van der Waals surface area (Å²) < 4.78 is 5.85. The van der Waals surface area contributed by atoms with Crippen molar-refractivity contribution in [2.45, 2.75) is 38.7 Å². The van der Waals surface area contributed by atoms with Gasteiger partial charge in [-0.3, -0.25) is 4.79 Å². The molecule has 2 rings (SSSR count). The van der Waals surface area contributed by atoms with Crippen molar-refractivity contribution in [3.63, 3.8) is 0 Å². The van der Waals surface area contributed by atoms with Gasteiger partial charge in [0.05, 0.1) is 11.7 Å². The van der Waals surface area contributed by atoms with E-state index in [2.05, 4.69) is 0 Å². The Balaban J connectivity index is 2.15. The lowest BCUT2D eigenvalue weighted by Crippen LogP contribution is -2.12. The van der Waals surface area contributed by atoms with E-state index < -0.39 is 0 Å². The first-order chi connectivity index (χ1) is 7.27. The third-order valence-electron chi connectivity index (χ3n) is 2.86. The van der Waals surface area contributed by atoms with E-state index in [1.54, 1.807) is 6.92 Å². The molecule has 0 radical (unpaired) electrons. The first-order valence-corrected chi connectivity index (χ1v) is 5.54. The molecule has 1 aliphatic rings. The topological polar surface area (TPSA) is 26.3 Å². The molecule has 0 spiro atoms. The summed E-state index contributed by atoms with van der Waals surface area (Å²) in [5.74, 6) is 0.820. The van der Waals surface area contributed by atoms with Crippen molar-refractivity contribution < 1.29 is 9.53 Å². The molecule has 1 aromatic carbocycles. The Labute approximate surface area is 90.3 Å². The fourth-order valence-corrected chi connectivity index (χ4v) is 2.05. The molecule has 15 heavy (non-hydrogen) atoms. The maximum atomic E-state index is 11.4. The average molecular weight is 204 g/mol. The van der Waals surface area contributed by atoms with Crippen LogP contribution in [0.25, 0.3) is 0 Å². The van der Waals surface area contributed by atoms with Crippen LogP contribution in [0.2, 0.25) is 0 Å². The highest BCUT2D eigenvalue weighted by atomic mass is 16.5. The van der Waals surface area contributed by atoms with Crippen molar-refractivity contribution in [2.24, 2.45) is 0 Å². The summed E-state index contributed by atoms with van der Waals surface area (Å²) >= 11 is 0. The lowest BCUT2D eigenvalue weighted by Gasteiger charge is -2.15. The summed E-state index contributed by atoms with van der Waals surface area (Å²) in [5, 5.41) is 0. The van der Waals surface area contributed by atoms with Crippen LogP contribution in [0.15, 0.2) is 24.3 Å². The van der Waals surface area contributed by atoms with Crippen molar-refractivity contribution in [3.8, 4) is 5.75 Å². The molecule has 0 aromatic heterocycles. The molecule has 0 amide bonds. The second-order valence-corrected chi connectivity index (χ2v) is 4.08. The molecule has 0 saturated heterocycles. The van der Waals surface area contributed by atoms with Crippen molar-refractivity contribution in [1.29, 1.82) is 0 Å². The molecule has 0 atom stereocenters. The van der Waals surface area contributed by atoms with Crippen molar-refractivity contribution in [3.05, 3.63) is 29.8 Å². The number of ketones is 1. The third-order valence-corrected chi connectivity index (χ3v) is 2.86. The lowest BCUT2D eigenvalue weighted by molar-refractivity contribution is 0.101. The molecule has 0 aliphatic heterocycles. The lowest BCUT2D eigenvalue weighted by atomic mass is 10.1. The Morgan fingerprint density at radius 2 is 1.93 bits per heavy atom. The zero-order valence-corrected chi connectivity index (χ0v) is 9.03. The van der Waals surface area contributed by atoms with Gasteiger partial charge in [0.1, 0.15) is 5.75 Å². The molecule has 80 valence electrons. The summed E-state index contributed by atoms with van der Waals surface area (Å²) in [6, 6.07) is 7.50. The van der Waals surface area contributed by atoms with Crippen LogP contribution >= 0.6 is 0 Å². The number of para-hydroxylation sites is 1. The molecule has 1 aromatic rings. The predicted octanol–water partition coefficient (Wildman–Crippen LogP) is 3.21. The Hall–Kier alpha value is -1.31. The molecule has 1 saturated carbocycles. The van der Waals surface area contributed by atoms with E-state index in [1.165, 1.54) is 12.8 Å². The fraction of sp³-hybridized carbons (Fsp3) is 0.462. The van der Waals surface area contributed by atoms with E-state index in [-0.39, 0.29) is 5.78 Å². The van der Waals surface area contributed by atoms with E-state index in [9.17, 15) is 4.79 Å². The molecule has 2 heteroatoms. The molecule has 2 nitrogen and oxygen atoms in total. The molecule has 1 aliphatic carbocycles. The van der Waals surface area contributed by atoms with E-state index >= 15 is 0 Å². The summed E-state index contributed by atoms with van der Waals surface area (Å²) in [5.41, 5.74) is 0.699. The average Bonchev–Trinajstić information content (AvgIpc) is 2.71. The minimum atomic E-state index is 0.0728. The summed E-state index contributed by atoms with van der Waals surface area (Å²) in [7, 11) is 0. The minimum Gasteiger partial charge on any atom is -0.490 e. The zero-order valence-electron chi connectivity index (χ0n) is 9.03. The number of hydrogen-bond donors (Lipinski definition) is 0. The zero-order chi connectivity index (χ0) is 10.7. The van der Waals surface area contributed by atoms with E-state index in [0.29, 0.717) is 11.7 Å². The highest BCUT2D eigenvalue weighted by Gasteiger charge is 2.18. The van der Waals surface area contributed by atoms with Gasteiger partial charge in [-0.05, 0) is 44.7 Å². The van der Waals surface area contributed by atoms with Gasteiger partial charge in [-0.25, -0.2) is 0 Å². The van der Waals surface area contributed by atoms with Gasteiger partial charge in [0, 0.05) is 0 Å². The van der Waals surface area contributed by atoms with Crippen LogP contribution in [0.3, 0.4) is 0 Å². The number of rotatable bonds is 3. The van der Waals surface area contributed by atoms with Gasteiger partial charge >= 0.3 is 0 Å². The molecule has 0 heterocycles. The Morgan fingerprint density at radius 3 is 2.60 bits per heavy atom. The second-order valence-electron chi connectivity index (χ2n) is 4.08. The summed E-state index contributed by atoms with van der Waals surface area (Å²) in [4.78, 5) is 11.4. The molecular weight excluding hydrogens is 188 g/mol. The van der Waals surface area contributed by atoms with Gasteiger partial charge in [0.2, 0.25) is 0 Å². The third kappa shape index (κ3) is 2.38. The number of carbonyl (C=O) groups is 1. The van der Waals surface area contributed by atoms with Crippen LogP contribution in [-0.4, -0.2) is 11.9 Å². The van der Waals surface area contributed by atoms with Crippen LogP contribution in [0.4, 0.5) is 0 Å². The fourth-order valence-electron chi connectivity index (χ4n) is 2.05. The molecule has 0 N–H and O–H groups in total. The maximum Gasteiger partial charge on any atom is 0.163 e. The van der Waals surface area contributed by atoms with E-state index in [0.717, 1.165) is 18.6 Å². The molecule has 1 fully saturated rings. The number of benzene rings is 1. The van der Waals surface area contributed by atoms with Gasteiger partial charge in [-0.1, -0.05) is 12.1 Å². The quantitative estimate of drug-likeness (QED) is 0.707. The minimum absolute atomic E-state index is 0.0728. The van der Waals surface area contributed by atoms with Gasteiger partial charge in [0.15, 0.2) is 5.78 Å². The first kappa shape index (κ1) is 10.2. The van der Waals surface area contributed by atoms with Gasteiger partial charge in [-0.15, -0.1) is 0 Å². The number of carbonyl (C=O) groups excluding carboxylic acids is 1.